The van der Waals surface area contributed by atoms with Crippen LogP contribution in [0, 0.1) is 5.92 Å². The molecule has 1 saturated carbocycles. The SMILES string of the molecule is CS(=O)(=O)CC(O)Nc1c2c(nn1CCC1CC1)C[C@]1(CCc3cc(OCCCC(F)(F)F)ccc31)NC2=O. The van der Waals surface area contributed by atoms with Gasteiger partial charge >= 0.3 is 6.18 Å². The smallest absolute Gasteiger partial charge is 0.389 e. The zero-order valence-corrected chi connectivity index (χ0v) is 22.5. The lowest BCUT2D eigenvalue weighted by molar-refractivity contribution is -0.136. The number of fused-ring (bicyclic) bond motifs is 3. The van der Waals surface area contributed by atoms with Gasteiger partial charge in [0, 0.05) is 25.6 Å². The van der Waals surface area contributed by atoms with Crippen LogP contribution < -0.4 is 15.4 Å². The van der Waals surface area contributed by atoms with Gasteiger partial charge in [-0.25, -0.2) is 13.1 Å². The third-order valence-electron chi connectivity index (χ3n) is 7.57. The molecule has 1 unspecified atom stereocenters. The van der Waals surface area contributed by atoms with Crippen LogP contribution in [-0.2, 0) is 34.8 Å². The summed E-state index contributed by atoms with van der Waals surface area (Å²) in [5, 5.41) is 21.1. The van der Waals surface area contributed by atoms with Gasteiger partial charge in [0.2, 0.25) is 0 Å². The summed E-state index contributed by atoms with van der Waals surface area (Å²) in [6.45, 7) is 0.500. The number of carbonyl (C=O) groups excluding carboxylic acids is 1. The largest absolute Gasteiger partial charge is 0.494 e. The molecular formula is C26H33F3N4O5S. The van der Waals surface area contributed by atoms with E-state index in [1.165, 1.54) is 0 Å². The molecule has 1 amide bonds. The Morgan fingerprint density at radius 1 is 1.33 bits per heavy atom. The normalized spacial score (nSPS) is 21.4. The zero-order chi connectivity index (χ0) is 28.0. The summed E-state index contributed by atoms with van der Waals surface area (Å²) in [4.78, 5) is 13.5. The van der Waals surface area contributed by atoms with Crippen LogP contribution >= 0.6 is 0 Å². The van der Waals surface area contributed by atoms with Crippen molar-refractivity contribution >= 4 is 21.6 Å². The molecule has 3 aliphatic rings. The van der Waals surface area contributed by atoms with Gasteiger partial charge in [0.25, 0.3) is 5.91 Å². The second-order valence-corrected chi connectivity index (χ2v) is 13.2. The molecule has 9 nitrogen and oxygen atoms in total. The third-order valence-corrected chi connectivity index (χ3v) is 8.49. The van der Waals surface area contributed by atoms with E-state index in [2.05, 4.69) is 10.6 Å². The molecule has 0 saturated heterocycles. The molecule has 2 atom stereocenters. The van der Waals surface area contributed by atoms with Crippen molar-refractivity contribution in [1.82, 2.24) is 15.1 Å². The van der Waals surface area contributed by atoms with E-state index in [0.29, 0.717) is 54.5 Å². The molecule has 13 heteroatoms. The first kappa shape index (κ1) is 27.8. The van der Waals surface area contributed by atoms with Crippen LogP contribution in [0.4, 0.5) is 19.0 Å². The average Bonchev–Trinajstić information content (AvgIpc) is 3.51. The fourth-order valence-corrected chi connectivity index (χ4v) is 6.24. The second kappa shape index (κ2) is 10.3. The van der Waals surface area contributed by atoms with Gasteiger partial charge in [0.15, 0.2) is 9.84 Å². The number of benzene rings is 1. The predicted octanol–water partition coefficient (Wildman–Crippen LogP) is 3.31. The van der Waals surface area contributed by atoms with E-state index < -0.39 is 40.0 Å². The first-order chi connectivity index (χ1) is 18.3. The standard InChI is InChI=1S/C26H33F3N4O5S/c1-39(36,37)15-21(34)30-23-22-20(32-33(23)11-8-16-3-4-16)14-25(31-24(22)35)10-7-17-13-18(5-6-19(17)25)38-12-2-9-26(27,28)29/h5-6,13,16,21,30,34H,2-4,7-12,14-15H2,1H3,(H,31,35)/t21?,25-/m0/s1. The maximum absolute atomic E-state index is 13.5. The minimum atomic E-state index is -4.21. The van der Waals surface area contributed by atoms with Gasteiger partial charge in [-0.2, -0.15) is 18.3 Å². The van der Waals surface area contributed by atoms with Crippen LogP contribution in [0.15, 0.2) is 18.2 Å². The number of aromatic nitrogens is 2. The van der Waals surface area contributed by atoms with Crippen molar-refractivity contribution in [3.63, 3.8) is 0 Å². The number of rotatable bonds is 11. The molecule has 3 N–H and O–H groups in total. The highest BCUT2D eigenvalue weighted by Crippen LogP contribution is 2.44. The van der Waals surface area contributed by atoms with Gasteiger partial charge in [0.1, 0.15) is 23.4 Å². The number of amides is 1. The maximum atomic E-state index is 13.5. The monoisotopic (exact) mass is 570 g/mol. The number of nitrogens with zero attached hydrogens (tertiary/aromatic N) is 2. The summed E-state index contributed by atoms with van der Waals surface area (Å²) in [6.07, 6.45) is -0.728. The van der Waals surface area contributed by atoms with Crippen LogP contribution in [0.5, 0.6) is 5.75 Å². The molecule has 2 heterocycles. The topological polar surface area (TPSA) is 123 Å². The Balaban J connectivity index is 1.36. The number of hydrogen-bond acceptors (Lipinski definition) is 7. The predicted molar refractivity (Wildman–Crippen MR) is 137 cm³/mol. The number of nitrogens with one attached hydrogen (secondary N) is 2. The Morgan fingerprint density at radius 3 is 2.79 bits per heavy atom. The second-order valence-electron chi connectivity index (χ2n) is 11.0. The number of ether oxygens (including phenoxy) is 1. The quantitative estimate of drug-likeness (QED) is 0.280. The first-order valence-corrected chi connectivity index (χ1v) is 15.3. The summed E-state index contributed by atoms with van der Waals surface area (Å²) in [5.74, 6) is 0.548. The summed E-state index contributed by atoms with van der Waals surface area (Å²) in [6, 6.07) is 5.39. The van der Waals surface area contributed by atoms with E-state index >= 15 is 0 Å². The highest BCUT2D eigenvalue weighted by Gasteiger charge is 2.46. The molecule has 214 valence electrons. The maximum Gasteiger partial charge on any atom is 0.389 e. The number of aryl methyl sites for hydroxylation is 2. The van der Waals surface area contributed by atoms with Gasteiger partial charge in [-0.1, -0.05) is 18.9 Å². The lowest BCUT2D eigenvalue weighted by atomic mass is 9.82. The molecule has 1 aromatic heterocycles. The Kier molecular flexibility index (Phi) is 7.34. The highest BCUT2D eigenvalue weighted by molar-refractivity contribution is 7.90. The highest BCUT2D eigenvalue weighted by atomic mass is 32.2. The number of aliphatic hydroxyl groups excluding tert-OH is 1. The van der Waals surface area contributed by atoms with Gasteiger partial charge in [0.05, 0.1) is 23.6 Å². The van der Waals surface area contributed by atoms with Crippen LogP contribution in [-0.4, -0.2) is 60.2 Å². The van der Waals surface area contributed by atoms with Gasteiger partial charge in [-0.3, -0.25) is 4.79 Å². The number of hydrogen-bond donors (Lipinski definition) is 3. The van der Waals surface area contributed by atoms with Crippen molar-refractivity contribution in [2.24, 2.45) is 5.92 Å². The molecule has 0 bridgehead atoms. The van der Waals surface area contributed by atoms with Crippen molar-refractivity contribution in [2.75, 3.05) is 23.9 Å². The minimum Gasteiger partial charge on any atom is -0.494 e. The lowest BCUT2D eigenvalue weighted by Crippen LogP contribution is -2.50. The van der Waals surface area contributed by atoms with Gasteiger partial charge in [-0.15, -0.1) is 0 Å². The zero-order valence-electron chi connectivity index (χ0n) is 21.7. The van der Waals surface area contributed by atoms with Crippen LogP contribution in [0.25, 0.3) is 0 Å². The Labute approximate surface area is 225 Å². The van der Waals surface area contributed by atoms with E-state index in [-0.39, 0.29) is 18.9 Å². The fourth-order valence-electron chi connectivity index (χ4n) is 5.58. The molecule has 1 aliphatic heterocycles. The van der Waals surface area contributed by atoms with Crippen molar-refractivity contribution in [1.29, 1.82) is 0 Å². The number of anilines is 1. The molecule has 2 aromatic rings. The van der Waals surface area contributed by atoms with Crippen LogP contribution in [0.3, 0.4) is 0 Å². The van der Waals surface area contributed by atoms with E-state index in [4.69, 9.17) is 9.84 Å². The lowest BCUT2D eigenvalue weighted by Gasteiger charge is -2.35. The molecule has 1 aromatic carbocycles. The fraction of sp³-hybridized carbons (Fsp3) is 0.615. The molecule has 0 radical (unpaired) electrons. The molecule has 39 heavy (non-hydrogen) atoms. The number of halogens is 3. The van der Waals surface area contributed by atoms with Crippen LogP contribution in [0.1, 0.15) is 65.7 Å². The van der Waals surface area contributed by atoms with Gasteiger partial charge < -0.3 is 20.5 Å². The Morgan fingerprint density at radius 2 is 2.10 bits per heavy atom. The number of carbonyl (C=O) groups is 1. The minimum absolute atomic E-state index is 0.0389. The molecular weight excluding hydrogens is 537 g/mol. The van der Waals surface area contributed by atoms with Crippen molar-refractivity contribution in [3.8, 4) is 5.75 Å². The summed E-state index contributed by atoms with van der Waals surface area (Å²) in [7, 11) is -3.46. The van der Waals surface area contributed by atoms with Crippen molar-refractivity contribution in [2.45, 2.75) is 75.9 Å². The average molecular weight is 571 g/mol. The number of sulfone groups is 1. The first-order valence-electron chi connectivity index (χ1n) is 13.2. The van der Waals surface area contributed by atoms with Crippen molar-refractivity contribution < 1.29 is 36.2 Å². The van der Waals surface area contributed by atoms with E-state index in [9.17, 15) is 31.5 Å². The molecule has 1 spiro atoms. The Bertz CT molecular complexity index is 1360. The van der Waals surface area contributed by atoms with E-state index in [1.807, 2.05) is 12.1 Å². The van der Waals surface area contributed by atoms with Gasteiger partial charge in [-0.05, 0) is 54.9 Å². The van der Waals surface area contributed by atoms with E-state index in [0.717, 1.165) is 36.6 Å². The Hall–Kier alpha value is -2.80. The summed E-state index contributed by atoms with van der Waals surface area (Å²) < 4.78 is 67.8. The molecule has 2 aliphatic carbocycles. The molecule has 5 rings (SSSR count). The number of aliphatic hydroxyl groups is 1. The molecule has 1 fully saturated rings. The number of alkyl halides is 3. The van der Waals surface area contributed by atoms with Crippen LogP contribution in [0.2, 0.25) is 0 Å². The summed E-state index contributed by atoms with van der Waals surface area (Å²) >= 11 is 0. The third kappa shape index (κ3) is 6.51. The van der Waals surface area contributed by atoms with E-state index in [1.54, 1.807) is 10.7 Å². The van der Waals surface area contributed by atoms with Crippen molar-refractivity contribution in [3.05, 3.63) is 40.6 Å². The summed E-state index contributed by atoms with van der Waals surface area (Å²) in [5.41, 5.74) is 2.07.